The maximum absolute atomic E-state index is 13.3. The fraction of sp³-hybridized carbons (Fsp3) is 0.125. The number of fused-ring (bicyclic) bond motifs is 3. The molecule has 0 N–H and O–H groups in total. The van der Waals surface area contributed by atoms with Gasteiger partial charge in [-0.1, -0.05) is 30.0 Å². The summed E-state index contributed by atoms with van der Waals surface area (Å²) in [5, 5.41) is 10.3. The van der Waals surface area contributed by atoms with E-state index in [1.807, 2.05) is 65.3 Å². The zero-order chi connectivity index (χ0) is 21.5. The van der Waals surface area contributed by atoms with Crippen molar-refractivity contribution in [3.05, 3.63) is 89.5 Å². The molecule has 31 heavy (non-hydrogen) atoms. The van der Waals surface area contributed by atoms with Gasteiger partial charge in [0.25, 0.3) is 0 Å². The predicted molar refractivity (Wildman–Crippen MR) is 121 cm³/mol. The Bertz CT molecular complexity index is 1440. The molecule has 0 bridgehead atoms. The molecule has 2 aromatic carbocycles. The van der Waals surface area contributed by atoms with Crippen LogP contribution in [0.3, 0.4) is 0 Å². The van der Waals surface area contributed by atoms with Crippen LogP contribution in [0.15, 0.2) is 71.9 Å². The quantitative estimate of drug-likeness (QED) is 0.277. The van der Waals surface area contributed by atoms with Crippen molar-refractivity contribution >= 4 is 34.1 Å². The van der Waals surface area contributed by atoms with Crippen LogP contribution in [-0.4, -0.2) is 30.7 Å². The van der Waals surface area contributed by atoms with E-state index in [-0.39, 0.29) is 17.4 Å². The second kappa shape index (κ2) is 7.67. The number of Topliss-reactive ketones (excluding diaryl/α,β-unsaturated/α-hetero) is 1. The molecule has 3 heterocycles. The molecule has 0 saturated heterocycles. The summed E-state index contributed by atoms with van der Waals surface area (Å²) in [4.78, 5) is 13.1. The number of carbonyl (C=O) groups excluding carboxylic acids is 1. The molecule has 0 fully saturated rings. The molecule has 0 saturated carbocycles. The average molecular weight is 431 g/mol. The summed E-state index contributed by atoms with van der Waals surface area (Å²) in [6.45, 7) is 3.85. The lowest BCUT2D eigenvalue weighted by Gasteiger charge is -2.09. The Labute approximate surface area is 182 Å². The molecular formula is C24H19FN4OS. The van der Waals surface area contributed by atoms with E-state index < -0.39 is 0 Å². The standard InChI is InChI=1S/C24H19FN4OS/c1-15-13-20(16(2)28(15)19-10-8-18(25)9-11-19)22(30)14-31-24-27-26-23-12-7-17-5-3-4-6-21(17)29(23)24/h3-13H,14H2,1-2H3. The van der Waals surface area contributed by atoms with Gasteiger partial charge in [0.2, 0.25) is 0 Å². The van der Waals surface area contributed by atoms with Crippen LogP contribution in [0.25, 0.3) is 22.2 Å². The molecule has 7 heteroatoms. The number of ketones is 1. The van der Waals surface area contributed by atoms with E-state index >= 15 is 0 Å². The monoisotopic (exact) mass is 430 g/mol. The third kappa shape index (κ3) is 3.41. The van der Waals surface area contributed by atoms with Crippen molar-refractivity contribution in [3.63, 3.8) is 0 Å². The first-order valence-electron chi connectivity index (χ1n) is 9.87. The van der Waals surface area contributed by atoms with Crippen molar-refractivity contribution in [1.29, 1.82) is 0 Å². The Balaban J connectivity index is 1.44. The minimum absolute atomic E-state index is 0.0171. The number of hydrogen-bond acceptors (Lipinski definition) is 4. The van der Waals surface area contributed by atoms with E-state index in [4.69, 9.17) is 0 Å². The smallest absolute Gasteiger partial charge is 0.196 e. The zero-order valence-corrected chi connectivity index (χ0v) is 17.9. The Morgan fingerprint density at radius 2 is 1.77 bits per heavy atom. The number of para-hydroxylation sites is 1. The lowest BCUT2D eigenvalue weighted by molar-refractivity contribution is 0.102. The van der Waals surface area contributed by atoms with Gasteiger partial charge in [0.15, 0.2) is 16.6 Å². The molecule has 5 aromatic rings. The third-order valence-corrected chi connectivity index (χ3v) is 6.33. The molecule has 0 radical (unpaired) electrons. The summed E-state index contributed by atoms with van der Waals surface area (Å²) in [5.41, 5.74) is 5.02. The van der Waals surface area contributed by atoms with Crippen LogP contribution in [-0.2, 0) is 0 Å². The Hall–Kier alpha value is -3.45. The van der Waals surface area contributed by atoms with Crippen LogP contribution < -0.4 is 0 Å². The fourth-order valence-electron chi connectivity index (χ4n) is 3.95. The van der Waals surface area contributed by atoms with Gasteiger partial charge in [-0.3, -0.25) is 9.20 Å². The van der Waals surface area contributed by atoms with Gasteiger partial charge in [0.1, 0.15) is 5.82 Å². The summed E-state index contributed by atoms with van der Waals surface area (Å²) in [7, 11) is 0. The van der Waals surface area contributed by atoms with Crippen LogP contribution in [0.1, 0.15) is 21.7 Å². The molecule has 0 aliphatic heterocycles. The highest BCUT2D eigenvalue weighted by molar-refractivity contribution is 7.99. The lowest BCUT2D eigenvalue weighted by atomic mass is 10.2. The number of rotatable bonds is 5. The number of pyridine rings is 1. The summed E-state index contributed by atoms with van der Waals surface area (Å²) in [6, 6.07) is 20.1. The van der Waals surface area contributed by atoms with Gasteiger partial charge in [-0.15, -0.1) is 10.2 Å². The Morgan fingerprint density at radius 3 is 2.58 bits per heavy atom. The van der Waals surface area contributed by atoms with Crippen molar-refractivity contribution in [1.82, 2.24) is 19.2 Å². The van der Waals surface area contributed by atoms with E-state index in [0.717, 1.165) is 33.6 Å². The van der Waals surface area contributed by atoms with Crippen LogP contribution >= 0.6 is 11.8 Å². The highest BCUT2D eigenvalue weighted by Crippen LogP contribution is 2.26. The Morgan fingerprint density at radius 1 is 1.00 bits per heavy atom. The lowest BCUT2D eigenvalue weighted by Crippen LogP contribution is -2.06. The maximum atomic E-state index is 13.3. The molecule has 154 valence electrons. The summed E-state index contributed by atoms with van der Waals surface area (Å²) in [5.74, 6) is -0.0204. The van der Waals surface area contributed by atoms with Gasteiger partial charge in [0.05, 0.1) is 11.3 Å². The van der Waals surface area contributed by atoms with Crippen LogP contribution in [0.4, 0.5) is 4.39 Å². The molecule has 0 amide bonds. The highest BCUT2D eigenvalue weighted by Gasteiger charge is 2.18. The van der Waals surface area contributed by atoms with Gasteiger partial charge in [-0.2, -0.15) is 0 Å². The summed E-state index contributed by atoms with van der Waals surface area (Å²) >= 11 is 1.38. The minimum atomic E-state index is -0.285. The van der Waals surface area contributed by atoms with Crippen LogP contribution in [0.2, 0.25) is 0 Å². The second-order valence-corrected chi connectivity index (χ2v) is 8.32. The van der Waals surface area contributed by atoms with Crippen LogP contribution in [0, 0.1) is 19.7 Å². The molecule has 0 aliphatic carbocycles. The molecule has 0 aliphatic rings. The Kier molecular flexibility index (Phi) is 4.82. The van der Waals surface area contributed by atoms with E-state index in [1.54, 1.807) is 12.1 Å². The second-order valence-electron chi connectivity index (χ2n) is 7.38. The van der Waals surface area contributed by atoms with Crippen molar-refractivity contribution in [2.75, 3.05) is 5.75 Å². The van der Waals surface area contributed by atoms with E-state index in [9.17, 15) is 9.18 Å². The largest absolute Gasteiger partial charge is 0.318 e. The van der Waals surface area contributed by atoms with Crippen molar-refractivity contribution in [2.24, 2.45) is 0 Å². The summed E-state index contributed by atoms with van der Waals surface area (Å²) in [6.07, 6.45) is 0. The number of halogens is 1. The number of hydrogen-bond donors (Lipinski definition) is 0. The topological polar surface area (TPSA) is 52.2 Å². The number of aryl methyl sites for hydroxylation is 1. The molecule has 3 aromatic heterocycles. The van der Waals surface area contributed by atoms with Gasteiger partial charge >= 0.3 is 0 Å². The summed E-state index contributed by atoms with van der Waals surface area (Å²) < 4.78 is 17.3. The van der Waals surface area contributed by atoms with Gasteiger partial charge < -0.3 is 4.57 Å². The molecule has 0 unspecified atom stereocenters. The van der Waals surface area contributed by atoms with Gasteiger partial charge in [-0.05, 0) is 67.8 Å². The number of carbonyl (C=O) groups is 1. The molecule has 5 nitrogen and oxygen atoms in total. The fourth-order valence-corrected chi connectivity index (χ4v) is 4.78. The average Bonchev–Trinajstić information content (AvgIpc) is 3.33. The van der Waals surface area contributed by atoms with Crippen molar-refractivity contribution in [2.45, 2.75) is 19.0 Å². The van der Waals surface area contributed by atoms with Crippen molar-refractivity contribution in [3.8, 4) is 5.69 Å². The van der Waals surface area contributed by atoms with E-state index in [0.29, 0.717) is 10.7 Å². The highest BCUT2D eigenvalue weighted by atomic mass is 32.2. The third-order valence-electron chi connectivity index (χ3n) is 5.40. The molecule has 0 spiro atoms. The maximum Gasteiger partial charge on any atom is 0.196 e. The van der Waals surface area contributed by atoms with Crippen LogP contribution in [0.5, 0.6) is 0 Å². The van der Waals surface area contributed by atoms with Crippen molar-refractivity contribution < 1.29 is 9.18 Å². The first kappa shape index (κ1) is 19.5. The number of benzene rings is 2. The number of nitrogens with zero attached hydrogens (tertiary/aromatic N) is 4. The van der Waals surface area contributed by atoms with E-state index in [2.05, 4.69) is 10.2 Å². The van der Waals surface area contributed by atoms with Gasteiger partial charge in [0, 0.05) is 22.6 Å². The number of aromatic nitrogens is 4. The molecule has 0 atom stereocenters. The first-order valence-corrected chi connectivity index (χ1v) is 10.9. The first-order chi connectivity index (χ1) is 15.0. The number of thioether (sulfide) groups is 1. The molecule has 5 rings (SSSR count). The van der Waals surface area contributed by atoms with Gasteiger partial charge in [-0.25, -0.2) is 4.39 Å². The SMILES string of the molecule is Cc1cc(C(=O)CSc2nnc3ccc4ccccc4n23)c(C)n1-c1ccc(F)cc1. The molecular weight excluding hydrogens is 411 g/mol. The predicted octanol–water partition coefficient (Wildman–Crippen LogP) is 5.40. The normalized spacial score (nSPS) is 11.5. The minimum Gasteiger partial charge on any atom is -0.318 e. The van der Waals surface area contributed by atoms with E-state index in [1.165, 1.54) is 23.9 Å². The zero-order valence-electron chi connectivity index (χ0n) is 17.0.